The number of carboxylic acid groups (broad SMARTS) is 1. The van der Waals surface area contributed by atoms with Gasteiger partial charge in [-0.25, -0.2) is 4.39 Å². The molecule has 3 heteroatoms. The third-order valence-corrected chi connectivity index (χ3v) is 3.20. The molecular formula is C16H15FO2. The maximum atomic E-state index is 12.9. The number of aliphatic carboxylic acids is 1. The van der Waals surface area contributed by atoms with Crippen LogP contribution >= 0.6 is 0 Å². The van der Waals surface area contributed by atoms with Gasteiger partial charge in [0.1, 0.15) is 11.7 Å². The van der Waals surface area contributed by atoms with Gasteiger partial charge in [-0.05, 0) is 42.7 Å². The lowest BCUT2D eigenvalue weighted by Gasteiger charge is -2.16. The Morgan fingerprint density at radius 2 is 1.74 bits per heavy atom. The molecule has 0 heterocycles. The van der Waals surface area contributed by atoms with Crippen molar-refractivity contribution < 1.29 is 14.3 Å². The number of carboxylic acids is 1. The Kier molecular flexibility index (Phi) is 3.65. The van der Waals surface area contributed by atoms with Gasteiger partial charge in [0.25, 0.3) is 0 Å². The lowest BCUT2D eigenvalue weighted by atomic mass is 9.87. The molecule has 1 atom stereocenters. The summed E-state index contributed by atoms with van der Waals surface area (Å²) in [4.78, 5) is 11.6. The first kappa shape index (κ1) is 13.3. The van der Waals surface area contributed by atoms with Crippen molar-refractivity contribution in [3.63, 3.8) is 0 Å². The van der Waals surface area contributed by atoms with E-state index in [4.69, 9.17) is 0 Å². The first-order valence-corrected chi connectivity index (χ1v) is 6.04. The van der Waals surface area contributed by atoms with Gasteiger partial charge in [0.2, 0.25) is 0 Å². The molecule has 2 aromatic carbocycles. The maximum absolute atomic E-state index is 12.9. The highest BCUT2D eigenvalue weighted by atomic mass is 19.1. The zero-order valence-corrected chi connectivity index (χ0v) is 10.9. The second-order valence-electron chi connectivity index (χ2n) is 4.68. The van der Waals surface area contributed by atoms with Crippen LogP contribution in [0.5, 0.6) is 0 Å². The van der Waals surface area contributed by atoms with E-state index in [1.54, 1.807) is 0 Å². The Labute approximate surface area is 111 Å². The van der Waals surface area contributed by atoms with Crippen molar-refractivity contribution in [1.29, 1.82) is 0 Å². The van der Waals surface area contributed by atoms with E-state index in [9.17, 15) is 14.3 Å². The smallest absolute Gasteiger partial charge is 0.315 e. The van der Waals surface area contributed by atoms with Crippen molar-refractivity contribution in [3.05, 3.63) is 70.5 Å². The summed E-state index contributed by atoms with van der Waals surface area (Å²) in [5.41, 5.74) is 3.26. The van der Waals surface area contributed by atoms with Gasteiger partial charge in [-0.2, -0.15) is 0 Å². The normalized spacial score (nSPS) is 12.2. The van der Waals surface area contributed by atoms with Gasteiger partial charge >= 0.3 is 5.97 Å². The van der Waals surface area contributed by atoms with Gasteiger partial charge in [-0.3, -0.25) is 4.79 Å². The minimum Gasteiger partial charge on any atom is -0.481 e. The molecule has 1 unspecified atom stereocenters. The SMILES string of the molecule is Cc1ccc(C)c(C(C(=O)O)c2ccc(F)cc2)c1. The van der Waals surface area contributed by atoms with E-state index in [0.717, 1.165) is 16.7 Å². The Morgan fingerprint density at radius 1 is 1.11 bits per heavy atom. The van der Waals surface area contributed by atoms with Gasteiger partial charge in [0.15, 0.2) is 0 Å². The number of carbonyl (C=O) groups is 1. The van der Waals surface area contributed by atoms with Crippen LogP contribution in [0.25, 0.3) is 0 Å². The highest BCUT2D eigenvalue weighted by Crippen LogP contribution is 2.28. The summed E-state index contributed by atoms with van der Waals surface area (Å²) in [5.74, 6) is -2.06. The van der Waals surface area contributed by atoms with E-state index in [1.165, 1.54) is 24.3 Å². The Balaban J connectivity index is 2.54. The summed E-state index contributed by atoms with van der Waals surface area (Å²) in [6, 6.07) is 11.3. The molecule has 0 bridgehead atoms. The quantitative estimate of drug-likeness (QED) is 0.912. The van der Waals surface area contributed by atoms with E-state index in [1.807, 2.05) is 32.0 Å². The molecule has 98 valence electrons. The average molecular weight is 258 g/mol. The second-order valence-corrected chi connectivity index (χ2v) is 4.68. The molecule has 19 heavy (non-hydrogen) atoms. The van der Waals surface area contributed by atoms with Crippen LogP contribution in [-0.2, 0) is 4.79 Å². The summed E-state index contributed by atoms with van der Waals surface area (Å²) in [7, 11) is 0. The molecular weight excluding hydrogens is 243 g/mol. The number of hydrogen-bond acceptors (Lipinski definition) is 1. The molecule has 0 spiro atoms. The summed E-state index contributed by atoms with van der Waals surface area (Å²) in [5, 5.41) is 9.47. The van der Waals surface area contributed by atoms with Gasteiger partial charge < -0.3 is 5.11 Å². The molecule has 2 nitrogen and oxygen atoms in total. The third kappa shape index (κ3) is 2.81. The van der Waals surface area contributed by atoms with Crippen LogP contribution < -0.4 is 0 Å². The first-order valence-electron chi connectivity index (χ1n) is 6.04. The standard InChI is InChI=1S/C16H15FO2/c1-10-3-4-11(2)14(9-10)15(16(18)19)12-5-7-13(17)8-6-12/h3-9,15H,1-2H3,(H,18,19). The molecule has 0 aliphatic rings. The number of hydrogen-bond donors (Lipinski definition) is 1. The Hall–Kier alpha value is -2.16. The van der Waals surface area contributed by atoms with Crippen molar-refractivity contribution >= 4 is 5.97 Å². The molecule has 2 aromatic rings. The number of rotatable bonds is 3. The van der Waals surface area contributed by atoms with Crippen LogP contribution in [-0.4, -0.2) is 11.1 Å². The van der Waals surface area contributed by atoms with Gasteiger partial charge in [0.05, 0.1) is 0 Å². The van der Waals surface area contributed by atoms with Crippen molar-refractivity contribution in [2.75, 3.05) is 0 Å². The van der Waals surface area contributed by atoms with E-state index in [0.29, 0.717) is 5.56 Å². The van der Waals surface area contributed by atoms with Crippen LogP contribution in [0.1, 0.15) is 28.2 Å². The first-order chi connectivity index (χ1) is 8.99. The molecule has 0 saturated heterocycles. The second kappa shape index (κ2) is 5.22. The Morgan fingerprint density at radius 3 is 2.32 bits per heavy atom. The fourth-order valence-corrected chi connectivity index (χ4v) is 2.18. The Bertz CT molecular complexity index is 603. The third-order valence-electron chi connectivity index (χ3n) is 3.20. The molecule has 0 aliphatic carbocycles. The minimum absolute atomic E-state index is 0.367. The van der Waals surface area contributed by atoms with Crippen LogP contribution in [0.2, 0.25) is 0 Å². The largest absolute Gasteiger partial charge is 0.481 e. The van der Waals surface area contributed by atoms with Crippen LogP contribution in [0.3, 0.4) is 0 Å². The zero-order chi connectivity index (χ0) is 14.0. The van der Waals surface area contributed by atoms with Crippen molar-refractivity contribution in [2.24, 2.45) is 0 Å². The number of halogens is 1. The lowest BCUT2D eigenvalue weighted by molar-refractivity contribution is -0.137. The zero-order valence-electron chi connectivity index (χ0n) is 10.9. The summed E-state index contributed by atoms with van der Waals surface area (Å²) < 4.78 is 12.9. The molecule has 1 N–H and O–H groups in total. The summed E-state index contributed by atoms with van der Waals surface area (Å²) >= 11 is 0. The van der Waals surface area contributed by atoms with Gasteiger partial charge in [-0.1, -0.05) is 35.9 Å². The molecule has 0 amide bonds. The number of benzene rings is 2. The molecule has 0 aliphatic heterocycles. The minimum atomic E-state index is -0.930. The van der Waals surface area contributed by atoms with Gasteiger partial charge in [-0.15, -0.1) is 0 Å². The van der Waals surface area contributed by atoms with Crippen molar-refractivity contribution in [3.8, 4) is 0 Å². The van der Waals surface area contributed by atoms with E-state index in [-0.39, 0.29) is 5.82 Å². The topological polar surface area (TPSA) is 37.3 Å². The number of aryl methyl sites for hydroxylation is 2. The van der Waals surface area contributed by atoms with Crippen LogP contribution in [0, 0.1) is 19.7 Å². The summed E-state index contributed by atoms with van der Waals surface area (Å²) in [6.07, 6.45) is 0. The monoisotopic (exact) mass is 258 g/mol. The van der Waals surface area contributed by atoms with E-state index < -0.39 is 11.9 Å². The highest BCUT2D eigenvalue weighted by molar-refractivity contribution is 5.81. The summed E-state index contributed by atoms with van der Waals surface area (Å²) in [6.45, 7) is 3.81. The molecule has 0 saturated carbocycles. The highest BCUT2D eigenvalue weighted by Gasteiger charge is 2.23. The van der Waals surface area contributed by atoms with Crippen molar-refractivity contribution in [1.82, 2.24) is 0 Å². The van der Waals surface area contributed by atoms with Crippen LogP contribution in [0.4, 0.5) is 4.39 Å². The molecule has 0 radical (unpaired) electrons. The van der Waals surface area contributed by atoms with Crippen molar-refractivity contribution in [2.45, 2.75) is 19.8 Å². The fraction of sp³-hybridized carbons (Fsp3) is 0.188. The van der Waals surface area contributed by atoms with E-state index >= 15 is 0 Å². The van der Waals surface area contributed by atoms with Gasteiger partial charge in [0, 0.05) is 0 Å². The maximum Gasteiger partial charge on any atom is 0.315 e. The average Bonchev–Trinajstić information content (AvgIpc) is 2.36. The van der Waals surface area contributed by atoms with Crippen LogP contribution in [0.15, 0.2) is 42.5 Å². The lowest BCUT2D eigenvalue weighted by Crippen LogP contribution is -2.14. The predicted octanol–water partition coefficient (Wildman–Crippen LogP) is 3.66. The van der Waals surface area contributed by atoms with E-state index in [2.05, 4.69) is 0 Å². The predicted molar refractivity (Wildman–Crippen MR) is 71.8 cm³/mol. The fourth-order valence-electron chi connectivity index (χ4n) is 2.18. The molecule has 0 fully saturated rings. The molecule has 0 aromatic heterocycles. The molecule has 2 rings (SSSR count).